The van der Waals surface area contributed by atoms with Crippen LogP contribution in [0.15, 0.2) is 0 Å². The zero-order chi connectivity index (χ0) is 43.9. The minimum absolute atomic E-state index is 0.0234. The van der Waals surface area contributed by atoms with E-state index in [0.717, 1.165) is 50.0 Å². The summed E-state index contributed by atoms with van der Waals surface area (Å²) in [6, 6.07) is 0. The second kappa shape index (κ2) is 32.7. The number of quaternary nitrogens is 1. The molecule has 0 aromatic rings. The molecule has 13 heteroatoms. The highest BCUT2D eigenvalue weighted by molar-refractivity contribution is 7.47. The molecule has 0 aromatic heterocycles. The van der Waals surface area contributed by atoms with Crippen LogP contribution >= 0.6 is 7.82 Å². The van der Waals surface area contributed by atoms with Gasteiger partial charge in [-0.15, -0.1) is 10.3 Å². The number of hydrogen-bond acceptors (Lipinski definition) is 9. The van der Waals surface area contributed by atoms with Gasteiger partial charge in [0.2, 0.25) is 5.72 Å². The van der Waals surface area contributed by atoms with Crippen LogP contribution in [0.3, 0.4) is 0 Å². The number of unbranched alkanes of at least 4 members (excludes halogenated alkanes) is 22. The minimum Gasteiger partial charge on any atom is -0.463 e. The van der Waals surface area contributed by atoms with Crippen LogP contribution in [-0.2, 0) is 42.6 Å². The third kappa shape index (κ3) is 27.7. The molecule has 0 aliphatic carbocycles. The fraction of sp³-hybridized carbons (Fsp3) is 0.957. The monoisotopic (exact) mass is 863 g/mol. The van der Waals surface area contributed by atoms with Crippen molar-refractivity contribution in [2.45, 2.75) is 225 Å². The van der Waals surface area contributed by atoms with E-state index >= 15 is 0 Å². The number of hydroxylamine groups is 2. The van der Waals surface area contributed by atoms with E-state index in [0.29, 0.717) is 17.4 Å². The molecule has 0 bridgehead atoms. The van der Waals surface area contributed by atoms with Crippen molar-refractivity contribution in [2.24, 2.45) is 0 Å². The van der Waals surface area contributed by atoms with Crippen LogP contribution in [0, 0.1) is 0 Å². The molecule has 0 aromatic carbocycles. The first-order valence-corrected chi connectivity index (χ1v) is 25.4. The first kappa shape index (κ1) is 56.1. The van der Waals surface area contributed by atoms with Gasteiger partial charge in [0.15, 0.2) is 5.78 Å². The molecule has 12 nitrogen and oxygen atoms in total. The van der Waals surface area contributed by atoms with Gasteiger partial charge in [0.25, 0.3) is 0 Å². The van der Waals surface area contributed by atoms with Crippen molar-refractivity contribution in [3.63, 3.8) is 0 Å². The number of Topliss-reactive ketones (excluding diaryl/α,β-unsaturated/α-hetero) is 1. The maximum Gasteiger partial charge on any atom is 0.472 e. The van der Waals surface area contributed by atoms with Crippen molar-refractivity contribution in [1.29, 1.82) is 0 Å². The van der Waals surface area contributed by atoms with E-state index in [-0.39, 0.29) is 64.0 Å². The first-order valence-electron chi connectivity index (χ1n) is 23.9. The Kier molecular flexibility index (Phi) is 31.1. The molecule has 0 saturated carbocycles. The summed E-state index contributed by atoms with van der Waals surface area (Å²) in [6.07, 6.45) is 28.8. The zero-order valence-electron chi connectivity index (χ0n) is 39.1. The third-order valence-corrected chi connectivity index (χ3v) is 12.3. The lowest BCUT2D eigenvalue weighted by Crippen LogP contribution is -2.54. The second-order valence-corrected chi connectivity index (χ2v) is 20.2. The van der Waals surface area contributed by atoms with Gasteiger partial charge in [0, 0.05) is 19.4 Å². The van der Waals surface area contributed by atoms with Gasteiger partial charge in [-0.1, -0.05) is 155 Å². The van der Waals surface area contributed by atoms with E-state index in [1.165, 1.54) is 109 Å². The van der Waals surface area contributed by atoms with Gasteiger partial charge in [0.05, 0.1) is 39.9 Å². The Hall–Kier alpha value is -0.950. The van der Waals surface area contributed by atoms with Gasteiger partial charge < -0.3 is 23.6 Å². The summed E-state index contributed by atoms with van der Waals surface area (Å²) in [7, 11) is 1.45. The SMILES string of the molecule is CCCCCCCCCCCCCCCC(=O)OC[C@@H](COP(=O)(O)OCC[N+](C)(C)C)OCCCC(=O)C1(CCCCCCCCCCCCC)OCC(C)(C)N1[O]. The van der Waals surface area contributed by atoms with Crippen LogP contribution in [0.5, 0.6) is 0 Å². The normalized spacial score (nSPS) is 18.6. The highest BCUT2D eigenvalue weighted by atomic mass is 31.2. The second-order valence-electron chi connectivity index (χ2n) is 18.8. The van der Waals surface area contributed by atoms with Gasteiger partial charge in [-0.25, -0.2) is 4.57 Å². The average Bonchev–Trinajstić information content (AvgIpc) is 3.41. The van der Waals surface area contributed by atoms with Crippen LogP contribution in [0.25, 0.3) is 0 Å². The lowest BCUT2D eigenvalue weighted by Gasteiger charge is -2.34. The van der Waals surface area contributed by atoms with Crippen molar-refractivity contribution in [3.8, 4) is 0 Å². The molecule has 59 heavy (non-hydrogen) atoms. The number of carbonyl (C=O) groups is 2. The molecule has 1 N–H and O–H groups in total. The fourth-order valence-corrected chi connectivity index (χ4v) is 8.19. The van der Waals surface area contributed by atoms with E-state index in [4.69, 9.17) is 23.3 Å². The van der Waals surface area contributed by atoms with E-state index < -0.39 is 25.2 Å². The number of rotatable bonds is 41. The molecule has 2 unspecified atom stereocenters. The predicted molar refractivity (Wildman–Crippen MR) is 236 cm³/mol. The number of likely N-dealkylation sites (N-methyl/N-ethyl adjacent to an activating group) is 1. The summed E-state index contributed by atoms with van der Waals surface area (Å²) in [6.45, 7) is 8.37. The molecular weight excluding hydrogens is 771 g/mol. The number of ether oxygens (including phenoxy) is 3. The summed E-state index contributed by atoms with van der Waals surface area (Å²) in [4.78, 5) is 36.7. The molecule has 3 atom stereocenters. The standard InChI is InChI=1S/C46H90N2O10P/c1-8-10-12-14-16-18-20-21-22-24-26-28-30-34-44(50)55-39-42(40-58-59(52,53)57-38-36-48(5,6)7)54-37-32-33-43(49)46(47(51)45(3,4)41-56-46)35-31-29-27-25-23-19-17-15-13-11-9-2/h42H,8-41H2,1-7H3/p+1/t42-,46?/m0/s1. The van der Waals surface area contributed by atoms with Crippen LogP contribution in [0.2, 0.25) is 0 Å². The lowest BCUT2D eigenvalue weighted by atomic mass is 9.94. The molecule has 1 saturated heterocycles. The Balaban J connectivity index is 2.59. The van der Waals surface area contributed by atoms with E-state index in [2.05, 4.69) is 13.8 Å². The first-order chi connectivity index (χ1) is 28.1. The highest BCUT2D eigenvalue weighted by Gasteiger charge is 2.56. The Morgan fingerprint density at radius 3 is 1.61 bits per heavy atom. The molecule has 0 spiro atoms. The van der Waals surface area contributed by atoms with Crippen molar-refractivity contribution in [2.75, 3.05) is 60.7 Å². The Morgan fingerprint density at radius 2 is 1.15 bits per heavy atom. The largest absolute Gasteiger partial charge is 0.472 e. The molecule has 1 radical (unpaired) electrons. The van der Waals surface area contributed by atoms with Gasteiger partial charge in [-0.3, -0.25) is 18.6 Å². The van der Waals surface area contributed by atoms with Crippen molar-refractivity contribution < 1.29 is 52.0 Å². The molecule has 1 aliphatic rings. The number of phosphoric ester groups is 1. The Morgan fingerprint density at radius 1 is 0.678 bits per heavy atom. The quantitative estimate of drug-likeness (QED) is 0.0273. The van der Waals surface area contributed by atoms with Crippen LogP contribution in [0.1, 0.15) is 207 Å². The predicted octanol–water partition coefficient (Wildman–Crippen LogP) is 11.4. The molecule has 1 rings (SSSR count). The number of phosphoric acid groups is 1. The van der Waals surface area contributed by atoms with Gasteiger partial charge in [-0.2, -0.15) is 0 Å². The summed E-state index contributed by atoms with van der Waals surface area (Å²) in [5, 5.41) is 14.4. The summed E-state index contributed by atoms with van der Waals surface area (Å²) >= 11 is 0. The van der Waals surface area contributed by atoms with Crippen LogP contribution in [-0.4, -0.2) is 104 Å². The molecule has 0 amide bonds. The fourth-order valence-electron chi connectivity index (χ4n) is 7.45. The molecular formula is C46H91N2O10P+. The van der Waals surface area contributed by atoms with Crippen molar-refractivity contribution in [3.05, 3.63) is 0 Å². The summed E-state index contributed by atoms with van der Waals surface area (Å²) in [5.74, 6) is -0.625. The van der Waals surface area contributed by atoms with E-state index in [1.54, 1.807) is 13.8 Å². The Labute approximate surface area is 361 Å². The lowest BCUT2D eigenvalue weighted by molar-refractivity contribution is -0.870. The maximum absolute atomic E-state index is 13.7. The van der Waals surface area contributed by atoms with E-state index in [1.807, 2.05) is 21.1 Å². The topological polar surface area (TPSA) is 141 Å². The zero-order valence-corrected chi connectivity index (χ0v) is 40.0. The number of esters is 1. The Bertz CT molecular complexity index is 1120. The number of carbonyl (C=O) groups excluding carboxylic acids is 2. The number of hydrogen-bond donors (Lipinski definition) is 1. The smallest absolute Gasteiger partial charge is 0.463 e. The van der Waals surface area contributed by atoms with Gasteiger partial charge in [-0.05, 0) is 39.5 Å². The number of ketones is 1. The average molecular weight is 863 g/mol. The molecule has 1 heterocycles. The van der Waals surface area contributed by atoms with Gasteiger partial charge in [0.1, 0.15) is 25.9 Å². The summed E-state index contributed by atoms with van der Waals surface area (Å²) < 4.78 is 41.2. The van der Waals surface area contributed by atoms with Crippen molar-refractivity contribution in [1.82, 2.24) is 5.06 Å². The number of nitrogens with zero attached hydrogens (tertiary/aromatic N) is 2. The molecule has 1 fully saturated rings. The summed E-state index contributed by atoms with van der Waals surface area (Å²) in [5.41, 5.74) is -2.32. The van der Waals surface area contributed by atoms with Crippen LogP contribution < -0.4 is 0 Å². The van der Waals surface area contributed by atoms with Gasteiger partial charge >= 0.3 is 13.8 Å². The van der Waals surface area contributed by atoms with Crippen LogP contribution in [0.4, 0.5) is 0 Å². The van der Waals surface area contributed by atoms with Crippen molar-refractivity contribution >= 4 is 19.6 Å². The minimum atomic E-state index is -4.39. The third-order valence-electron chi connectivity index (χ3n) is 11.4. The molecule has 349 valence electrons. The highest BCUT2D eigenvalue weighted by Crippen LogP contribution is 2.43. The maximum atomic E-state index is 13.7. The molecule has 1 aliphatic heterocycles. The van der Waals surface area contributed by atoms with E-state index in [9.17, 15) is 24.3 Å².